The topological polar surface area (TPSA) is 61.0 Å². The molecule has 5 nitrogen and oxygen atoms in total. The second-order valence-electron chi connectivity index (χ2n) is 3.26. The van der Waals surface area contributed by atoms with E-state index in [0.29, 0.717) is 6.54 Å². The summed E-state index contributed by atoms with van der Waals surface area (Å²) >= 11 is 0. The summed E-state index contributed by atoms with van der Waals surface area (Å²) in [6.45, 7) is 0.383. The maximum Gasteiger partial charge on any atom is 0.389 e. The molecule has 2 rings (SSSR count). The predicted octanol–water partition coefficient (Wildman–Crippen LogP) is 1.98. The van der Waals surface area contributed by atoms with Crippen LogP contribution < -0.4 is 0 Å². The van der Waals surface area contributed by atoms with E-state index in [1.807, 2.05) is 0 Å². The lowest BCUT2D eigenvalue weighted by Gasteiger charge is -1.97. The molecule has 0 saturated heterocycles. The molecule has 0 N–H and O–H groups in total. The zero-order chi connectivity index (χ0) is 11.5. The van der Waals surface area contributed by atoms with Gasteiger partial charge >= 0.3 is 5.82 Å². The summed E-state index contributed by atoms with van der Waals surface area (Å²) in [6.07, 6.45) is 1.52. The molecule has 0 radical (unpaired) electrons. The van der Waals surface area contributed by atoms with Crippen molar-refractivity contribution in [1.29, 1.82) is 0 Å². The smallest absolute Gasteiger partial charge is 0.358 e. The van der Waals surface area contributed by atoms with E-state index in [1.54, 1.807) is 12.1 Å². The predicted molar refractivity (Wildman–Crippen MR) is 54.4 cm³/mol. The second-order valence-corrected chi connectivity index (χ2v) is 3.26. The zero-order valence-electron chi connectivity index (χ0n) is 8.21. The Morgan fingerprint density at radius 3 is 2.56 bits per heavy atom. The van der Waals surface area contributed by atoms with E-state index in [1.165, 1.54) is 29.1 Å². The van der Waals surface area contributed by atoms with Crippen molar-refractivity contribution in [3.63, 3.8) is 0 Å². The number of rotatable bonds is 3. The van der Waals surface area contributed by atoms with Crippen molar-refractivity contribution in [3.05, 3.63) is 58.0 Å². The summed E-state index contributed by atoms with van der Waals surface area (Å²) in [6, 6.07) is 7.23. The first-order valence-electron chi connectivity index (χ1n) is 4.57. The van der Waals surface area contributed by atoms with Gasteiger partial charge in [-0.05, 0) is 22.6 Å². The summed E-state index contributed by atoms with van der Waals surface area (Å²) < 4.78 is 14.1. The van der Waals surface area contributed by atoms with E-state index in [4.69, 9.17) is 0 Å². The Bertz CT molecular complexity index is 507. The Labute approximate surface area is 90.3 Å². The molecular formula is C10H8FN3O2. The highest BCUT2D eigenvalue weighted by Gasteiger charge is 2.10. The number of aromatic nitrogens is 2. The summed E-state index contributed by atoms with van der Waals surface area (Å²) in [5.74, 6) is -0.502. The Morgan fingerprint density at radius 1 is 1.31 bits per heavy atom. The monoisotopic (exact) mass is 221 g/mol. The van der Waals surface area contributed by atoms with Crippen molar-refractivity contribution in [3.8, 4) is 0 Å². The first-order chi connectivity index (χ1) is 7.65. The molecule has 16 heavy (non-hydrogen) atoms. The van der Waals surface area contributed by atoms with Gasteiger partial charge in [0.15, 0.2) is 0 Å². The van der Waals surface area contributed by atoms with E-state index < -0.39 is 4.92 Å². The molecule has 0 bridgehead atoms. The van der Waals surface area contributed by atoms with Gasteiger partial charge in [-0.15, -0.1) is 0 Å². The third kappa shape index (κ3) is 2.22. The van der Waals surface area contributed by atoms with E-state index >= 15 is 0 Å². The summed E-state index contributed by atoms with van der Waals surface area (Å²) in [5, 5.41) is 14.1. The summed E-state index contributed by atoms with van der Waals surface area (Å²) in [7, 11) is 0. The molecule has 0 unspecified atom stereocenters. The molecule has 0 saturated carbocycles. The minimum absolute atomic E-state index is 0.192. The molecular weight excluding hydrogens is 213 g/mol. The van der Waals surface area contributed by atoms with Gasteiger partial charge in [0, 0.05) is 0 Å². The van der Waals surface area contributed by atoms with Gasteiger partial charge in [-0.1, -0.05) is 12.1 Å². The van der Waals surface area contributed by atoms with Crippen LogP contribution in [-0.4, -0.2) is 14.7 Å². The molecule has 2 aromatic rings. The lowest BCUT2D eigenvalue weighted by atomic mass is 10.2. The third-order valence-corrected chi connectivity index (χ3v) is 2.07. The lowest BCUT2D eigenvalue weighted by Crippen LogP contribution is -2.01. The minimum atomic E-state index is -0.554. The molecule has 0 atom stereocenters. The molecule has 1 heterocycles. The van der Waals surface area contributed by atoms with Crippen LogP contribution in [0.15, 0.2) is 36.5 Å². The maximum absolute atomic E-state index is 12.6. The molecule has 1 aromatic heterocycles. The van der Waals surface area contributed by atoms with Crippen LogP contribution in [0.5, 0.6) is 0 Å². The van der Waals surface area contributed by atoms with Crippen LogP contribution in [0.4, 0.5) is 10.2 Å². The molecule has 0 spiro atoms. The van der Waals surface area contributed by atoms with Crippen LogP contribution in [0.25, 0.3) is 0 Å². The number of nitrogens with zero attached hydrogens (tertiary/aromatic N) is 3. The number of benzene rings is 1. The largest absolute Gasteiger partial charge is 0.389 e. The van der Waals surface area contributed by atoms with Gasteiger partial charge in [0.25, 0.3) is 0 Å². The van der Waals surface area contributed by atoms with Crippen molar-refractivity contribution >= 4 is 5.82 Å². The average Bonchev–Trinajstić information content (AvgIpc) is 2.70. The molecule has 0 fully saturated rings. The third-order valence-electron chi connectivity index (χ3n) is 2.07. The molecule has 0 amide bonds. The zero-order valence-corrected chi connectivity index (χ0v) is 8.21. The van der Waals surface area contributed by atoms with Crippen molar-refractivity contribution in [2.45, 2.75) is 6.54 Å². The van der Waals surface area contributed by atoms with Gasteiger partial charge in [0.1, 0.15) is 5.82 Å². The van der Waals surface area contributed by atoms with Crippen molar-refractivity contribution in [2.75, 3.05) is 0 Å². The quantitative estimate of drug-likeness (QED) is 0.588. The number of hydrogen-bond donors (Lipinski definition) is 0. The van der Waals surface area contributed by atoms with E-state index in [-0.39, 0.29) is 11.6 Å². The van der Waals surface area contributed by atoms with Crippen LogP contribution in [0.1, 0.15) is 5.56 Å². The molecule has 82 valence electrons. The van der Waals surface area contributed by atoms with E-state index in [2.05, 4.69) is 5.10 Å². The molecule has 6 heteroatoms. The summed E-state index contributed by atoms with van der Waals surface area (Å²) in [5.41, 5.74) is 0.833. The fraction of sp³-hybridized carbons (Fsp3) is 0.100. The second kappa shape index (κ2) is 4.09. The van der Waals surface area contributed by atoms with Gasteiger partial charge in [-0.25, -0.2) is 4.39 Å². The van der Waals surface area contributed by atoms with Gasteiger partial charge in [0.2, 0.25) is 0 Å². The first-order valence-corrected chi connectivity index (χ1v) is 4.57. The average molecular weight is 221 g/mol. The normalized spacial score (nSPS) is 10.3. The van der Waals surface area contributed by atoms with Gasteiger partial charge in [-0.3, -0.25) is 0 Å². The fourth-order valence-electron chi connectivity index (χ4n) is 1.31. The molecule has 0 aliphatic heterocycles. The standard InChI is InChI=1S/C10H8FN3O2/c11-9-3-1-8(2-4-9)7-13-6-5-10(12-13)14(15)16/h1-6H,7H2. The van der Waals surface area contributed by atoms with E-state index in [0.717, 1.165) is 5.56 Å². The van der Waals surface area contributed by atoms with Crippen LogP contribution in [0, 0.1) is 15.9 Å². The Morgan fingerprint density at radius 2 is 2.00 bits per heavy atom. The Balaban J connectivity index is 2.14. The number of halogens is 1. The van der Waals surface area contributed by atoms with Crippen LogP contribution in [0.3, 0.4) is 0 Å². The molecule has 0 aliphatic rings. The highest BCUT2D eigenvalue weighted by molar-refractivity contribution is 5.18. The highest BCUT2D eigenvalue weighted by atomic mass is 19.1. The van der Waals surface area contributed by atoms with Gasteiger partial charge < -0.3 is 10.1 Å². The number of nitro groups is 1. The first kappa shape index (κ1) is 10.3. The summed E-state index contributed by atoms with van der Waals surface area (Å²) in [4.78, 5) is 9.84. The van der Waals surface area contributed by atoms with E-state index in [9.17, 15) is 14.5 Å². The number of hydrogen-bond acceptors (Lipinski definition) is 3. The SMILES string of the molecule is O=[N+]([O-])c1ccn(Cc2ccc(F)cc2)n1. The van der Waals surface area contributed by atoms with Crippen LogP contribution in [0.2, 0.25) is 0 Å². The van der Waals surface area contributed by atoms with Crippen molar-refractivity contribution in [1.82, 2.24) is 9.78 Å². The van der Waals surface area contributed by atoms with Crippen LogP contribution >= 0.6 is 0 Å². The van der Waals surface area contributed by atoms with Gasteiger partial charge in [0.05, 0.1) is 23.9 Å². The lowest BCUT2D eigenvalue weighted by molar-refractivity contribution is -0.389. The fourth-order valence-corrected chi connectivity index (χ4v) is 1.31. The minimum Gasteiger partial charge on any atom is -0.358 e. The van der Waals surface area contributed by atoms with Crippen molar-refractivity contribution < 1.29 is 9.31 Å². The molecule has 0 aliphatic carbocycles. The van der Waals surface area contributed by atoms with Crippen LogP contribution in [-0.2, 0) is 6.54 Å². The Kier molecular flexibility index (Phi) is 2.63. The Hall–Kier alpha value is -2.24. The maximum atomic E-state index is 12.6. The van der Waals surface area contributed by atoms with Gasteiger partial charge in [-0.2, -0.15) is 4.68 Å². The van der Waals surface area contributed by atoms with Crippen molar-refractivity contribution in [2.24, 2.45) is 0 Å². The molecule has 1 aromatic carbocycles. The highest BCUT2D eigenvalue weighted by Crippen LogP contribution is 2.08.